The van der Waals surface area contributed by atoms with Crippen molar-refractivity contribution in [3.63, 3.8) is 0 Å². The molecule has 1 aliphatic heterocycles. The smallest absolute Gasteiger partial charge is 0.272 e. The Morgan fingerprint density at radius 1 is 1.28 bits per heavy atom. The third-order valence-corrected chi connectivity index (χ3v) is 4.98. The van der Waals surface area contributed by atoms with Crippen molar-refractivity contribution in [2.24, 2.45) is 0 Å². The molecule has 0 radical (unpaired) electrons. The van der Waals surface area contributed by atoms with E-state index in [1.54, 1.807) is 18.3 Å². The van der Waals surface area contributed by atoms with Crippen molar-refractivity contribution in [2.75, 3.05) is 6.54 Å². The minimum absolute atomic E-state index is 0.0925. The van der Waals surface area contributed by atoms with Gasteiger partial charge in [0.05, 0.1) is 11.8 Å². The van der Waals surface area contributed by atoms with Crippen LogP contribution < -0.4 is 5.56 Å². The number of likely N-dealkylation sites (tertiary alicyclic amines) is 1. The van der Waals surface area contributed by atoms with Crippen LogP contribution in [-0.4, -0.2) is 37.2 Å². The zero-order valence-electron chi connectivity index (χ0n) is 14.0. The van der Waals surface area contributed by atoms with E-state index >= 15 is 0 Å². The second-order valence-corrected chi connectivity index (χ2v) is 6.67. The highest BCUT2D eigenvalue weighted by Gasteiger charge is 2.27. The summed E-state index contributed by atoms with van der Waals surface area (Å²) in [5.74, 6) is 0. The fourth-order valence-corrected chi connectivity index (χ4v) is 3.71. The first-order valence-corrected chi connectivity index (χ1v) is 8.74. The maximum absolute atomic E-state index is 12.1. The van der Waals surface area contributed by atoms with Crippen LogP contribution >= 0.6 is 0 Å². The molecule has 1 aliphatic rings. The molecule has 25 heavy (non-hydrogen) atoms. The van der Waals surface area contributed by atoms with E-state index in [2.05, 4.69) is 15.0 Å². The van der Waals surface area contributed by atoms with Crippen LogP contribution in [0.1, 0.15) is 36.6 Å². The molecule has 2 aromatic heterocycles. The van der Waals surface area contributed by atoms with Gasteiger partial charge in [0, 0.05) is 30.9 Å². The van der Waals surface area contributed by atoms with Gasteiger partial charge in [-0.1, -0.05) is 30.3 Å². The molecule has 6 nitrogen and oxygen atoms in total. The summed E-state index contributed by atoms with van der Waals surface area (Å²) in [6, 6.07) is 13.5. The fraction of sp³-hybridized carbons (Fsp3) is 0.368. The van der Waals surface area contributed by atoms with Crippen molar-refractivity contribution in [1.82, 2.24) is 19.5 Å². The van der Waals surface area contributed by atoms with E-state index in [0.717, 1.165) is 30.6 Å². The van der Waals surface area contributed by atoms with E-state index < -0.39 is 6.10 Å². The number of rotatable bonds is 5. The highest BCUT2D eigenvalue weighted by atomic mass is 16.3. The molecule has 1 aromatic carbocycles. The van der Waals surface area contributed by atoms with Crippen LogP contribution in [0.15, 0.2) is 53.5 Å². The van der Waals surface area contributed by atoms with Crippen molar-refractivity contribution in [2.45, 2.75) is 38.0 Å². The van der Waals surface area contributed by atoms with Crippen molar-refractivity contribution in [1.29, 1.82) is 0 Å². The van der Waals surface area contributed by atoms with Gasteiger partial charge >= 0.3 is 0 Å². The number of aliphatic hydroxyl groups is 1. The number of nitrogens with zero attached hydrogens (tertiary/aromatic N) is 3. The van der Waals surface area contributed by atoms with Gasteiger partial charge in [0.25, 0.3) is 5.56 Å². The van der Waals surface area contributed by atoms with Crippen LogP contribution in [0, 0.1) is 0 Å². The summed E-state index contributed by atoms with van der Waals surface area (Å²) in [7, 11) is 0. The van der Waals surface area contributed by atoms with Gasteiger partial charge in [-0.2, -0.15) is 0 Å². The quantitative estimate of drug-likeness (QED) is 0.747. The molecule has 2 atom stereocenters. The predicted molar refractivity (Wildman–Crippen MR) is 95.3 cm³/mol. The highest BCUT2D eigenvalue weighted by molar-refractivity contribution is 5.36. The molecule has 0 unspecified atom stereocenters. The van der Waals surface area contributed by atoms with Crippen LogP contribution in [0.3, 0.4) is 0 Å². The maximum atomic E-state index is 12.1. The van der Waals surface area contributed by atoms with E-state index in [1.165, 1.54) is 4.52 Å². The Labute approximate surface area is 145 Å². The number of aromatic amines is 1. The Bertz CT molecular complexity index is 902. The van der Waals surface area contributed by atoms with Crippen LogP contribution in [0.5, 0.6) is 0 Å². The van der Waals surface area contributed by atoms with Gasteiger partial charge in [0.1, 0.15) is 0 Å². The molecule has 1 fully saturated rings. The van der Waals surface area contributed by atoms with E-state index in [-0.39, 0.29) is 5.56 Å². The molecule has 6 heteroatoms. The lowest BCUT2D eigenvalue weighted by Gasteiger charge is -2.26. The lowest BCUT2D eigenvalue weighted by molar-refractivity contribution is 0.117. The first kappa shape index (κ1) is 16.1. The molecule has 0 bridgehead atoms. The number of nitrogens with one attached hydrogen (secondary N) is 1. The zero-order valence-corrected chi connectivity index (χ0v) is 14.0. The number of fused-ring (bicyclic) bond motifs is 1. The van der Waals surface area contributed by atoms with Gasteiger partial charge in [-0.05, 0) is 31.4 Å². The minimum atomic E-state index is -0.461. The molecule has 3 aromatic rings. The van der Waals surface area contributed by atoms with Crippen LogP contribution in [0.4, 0.5) is 0 Å². The first-order chi connectivity index (χ1) is 12.2. The topological polar surface area (TPSA) is 73.6 Å². The van der Waals surface area contributed by atoms with Crippen LogP contribution in [0.2, 0.25) is 0 Å². The molecule has 3 heterocycles. The second-order valence-electron chi connectivity index (χ2n) is 6.67. The molecule has 0 saturated carbocycles. The standard InChI is InChI=1S/C19H22N4O2/c24-17(14-5-2-1-3-6-14)12-16-7-4-10-22(16)13-15-11-19(25)23-18(21-15)8-9-20-23/h1-3,5-6,8-9,11,16-17,20,24H,4,7,10,12-13H2/t16-,17+/m1/s1. The van der Waals surface area contributed by atoms with E-state index in [1.807, 2.05) is 30.3 Å². The average Bonchev–Trinajstić information content (AvgIpc) is 3.26. The predicted octanol–water partition coefficient (Wildman–Crippen LogP) is 2.11. The summed E-state index contributed by atoms with van der Waals surface area (Å²) >= 11 is 0. The summed E-state index contributed by atoms with van der Waals surface area (Å²) in [5.41, 5.74) is 2.29. The SMILES string of the molecule is O=c1cc(CN2CCC[C@@H]2C[C@H](O)c2ccccc2)nc2cc[nH]n12. The van der Waals surface area contributed by atoms with Crippen LogP contribution in [-0.2, 0) is 6.54 Å². The van der Waals surface area contributed by atoms with Gasteiger partial charge in [-0.15, -0.1) is 0 Å². The number of aromatic nitrogens is 3. The summed E-state index contributed by atoms with van der Waals surface area (Å²) < 4.78 is 1.43. The Kier molecular flexibility index (Phi) is 4.38. The normalized spacial score (nSPS) is 19.5. The van der Waals surface area contributed by atoms with E-state index in [0.29, 0.717) is 24.7 Å². The summed E-state index contributed by atoms with van der Waals surface area (Å²) in [5, 5.41) is 13.4. The molecule has 0 spiro atoms. The Hall–Kier alpha value is -2.44. The molecular weight excluding hydrogens is 316 g/mol. The van der Waals surface area contributed by atoms with E-state index in [9.17, 15) is 9.90 Å². The number of H-pyrrole nitrogens is 1. The van der Waals surface area contributed by atoms with Gasteiger partial charge in [0.15, 0.2) is 5.65 Å². The summed E-state index contributed by atoms with van der Waals surface area (Å²) in [6.45, 7) is 1.61. The molecule has 4 rings (SSSR count). The zero-order chi connectivity index (χ0) is 17.2. The molecular formula is C19H22N4O2. The third kappa shape index (κ3) is 3.36. The second kappa shape index (κ2) is 6.82. The van der Waals surface area contributed by atoms with Crippen molar-refractivity contribution >= 4 is 5.65 Å². The molecule has 2 N–H and O–H groups in total. The molecule has 0 aliphatic carbocycles. The lowest BCUT2D eigenvalue weighted by Crippen LogP contribution is -2.31. The fourth-order valence-electron chi connectivity index (χ4n) is 3.71. The van der Waals surface area contributed by atoms with Gasteiger partial charge < -0.3 is 5.11 Å². The number of hydrogen-bond donors (Lipinski definition) is 2. The van der Waals surface area contributed by atoms with Gasteiger partial charge in [-0.25, -0.2) is 9.50 Å². The third-order valence-electron chi connectivity index (χ3n) is 4.98. The molecule has 130 valence electrons. The van der Waals surface area contributed by atoms with Crippen molar-refractivity contribution in [3.8, 4) is 0 Å². The lowest BCUT2D eigenvalue weighted by atomic mass is 10.0. The minimum Gasteiger partial charge on any atom is -0.388 e. The average molecular weight is 338 g/mol. The van der Waals surface area contributed by atoms with Gasteiger partial charge in [0.2, 0.25) is 0 Å². The Morgan fingerprint density at radius 2 is 2.12 bits per heavy atom. The highest BCUT2D eigenvalue weighted by Crippen LogP contribution is 2.28. The molecule has 1 saturated heterocycles. The van der Waals surface area contributed by atoms with Crippen molar-refractivity contribution < 1.29 is 5.11 Å². The monoisotopic (exact) mass is 338 g/mol. The largest absolute Gasteiger partial charge is 0.388 e. The Balaban J connectivity index is 1.48. The summed E-state index contributed by atoms with van der Waals surface area (Å²) in [6.07, 6.45) is 4.13. The van der Waals surface area contributed by atoms with Crippen LogP contribution in [0.25, 0.3) is 5.65 Å². The number of benzene rings is 1. The maximum Gasteiger partial charge on any atom is 0.272 e. The van der Waals surface area contributed by atoms with Gasteiger partial charge in [-0.3, -0.25) is 14.8 Å². The number of aliphatic hydroxyl groups excluding tert-OH is 1. The molecule has 0 amide bonds. The van der Waals surface area contributed by atoms with E-state index in [4.69, 9.17) is 0 Å². The Morgan fingerprint density at radius 3 is 2.96 bits per heavy atom. The number of hydrogen-bond acceptors (Lipinski definition) is 4. The van der Waals surface area contributed by atoms with Crippen molar-refractivity contribution in [3.05, 3.63) is 70.3 Å². The summed E-state index contributed by atoms with van der Waals surface area (Å²) in [4.78, 5) is 19.0. The first-order valence-electron chi connectivity index (χ1n) is 8.74.